The molecule has 0 unspecified atom stereocenters. The Kier molecular flexibility index (Phi) is 4.74. The molecule has 0 aliphatic heterocycles. The van der Waals surface area contributed by atoms with Crippen LogP contribution in [0, 0.1) is 11.6 Å². The number of halogens is 2. The van der Waals surface area contributed by atoms with Gasteiger partial charge in [0, 0.05) is 12.1 Å². The minimum atomic E-state index is -0.666. The maximum absolute atomic E-state index is 13.6. The summed E-state index contributed by atoms with van der Waals surface area (Å²) in [5.74, 6) is -1.64. The number of ketones is 1. The first-order valence-corrected chi connectivity index (χ1v) is 7.18. The largest absolute Gasteiger partial charge is 0.302 e. The van der Waals surface area contributed by atoms with Gasteiger partial charge in [-0.3, -0.25) is 9.69 Å². The fourth-order valence-corrected chi connectivity index (χ4v) is 2.93. The van der Waals surface area contributed by atoms with E-state index in [0.717, 1.165) is 37.6 Å². The van der Waals surface area contributed by atoms with Gasteiger partial charge in [-0.2, -0.15) is 0 Å². The zero-order valence-corrected chi connectivity index (χ0v) is 12.8. The third-order valence-corrected chi connectivity index (χ3v) is 4.44. The Labute approximate surface area is 124 Å². The second-order valence-electron chi connectivity index (χ2n) is 6.19. The van der Waals surface area contributed by atoms with E-state index in [1.165, 1.54) is 6.42 Å². The molecule has 5 heteroatoms. The molecule has 1 saturated carbocycles. The number of likely N-dealkylation sites (N-methyl/N-ethyl adjacent to an activating group) is 2. The second kappa shape index (κ2) is 6.20. The number of hydrogen-bond acceptors (Lipinski definition) is 3. The molecule has 1 aliphatic rings. The van der Waals surface area contributed by atoms with Gasteiger partial charge in [0.2, 0.25) is 0 Å². The maximum Gasteiger partial charge on any atom is 0.179 e. The molecule has 0 saturated heterocycles. The molecular formula is C16H22F2N2O. The van der Waals surface area contributed by atoms with Gasteiger partial charge in [0.25, 0.3) is 0 Å². The minimum absolute atomic E-state index is 0.0932. The Bertz CT molecular complexity index is 527. The van der Waals surface area contributed by atoms with Crippen molar-refractivity contribution in [1.29, 1.82) is 0 Å². The number of carbonyl (C=O) groups is 1. The molecule has 0 heterocycles. The molecule has 0 amide bonds. The highest BCUT2D eigenvalue weighted by molar-refractivity contribution is 5.97. The summed E-state index contributed by atoms with van der Waals surface area (Å²) in [6.07, 6.45) is 3.40. The van der Waals surface area contributed by atoms with Crippen LogP contribution in [0.4, 0.5) is 8.78 Å². The van der Waals surface area contributed by atoms with Gasteiger partial charge in [0.1, 0.15) is 11.6 Å². The molecule has 0 bridgehead atoms. The smallest absolute Gasteiger partial charge is 0.179 e. The number of benzene rings is 1. The standard InChI is InChI=1S/C16H22F2N2O/c1-19(2)16(7-4-8-16)11-20(3)10-15(21)13-9-12(17)5-6-14(13)18/h5-6,9H,4,7-8,10-11H2,1-3H3. The van der Waals surface area contributed by atoms with Crippen LogP contribution in [-0.2, 0) is 0 Å². The van der Waals surface area contributed by atoms with E-state index >= 15 is 0 Å². The van der Waals surface area contributed by atoms with Crippen LogP contribution in [-0.4, -0.2) is 55.4 Å². The average molecular weight is 296 g/mol. The van der Waals surface area contributed by atoms with Gasteiger partial charge in [-0.1, -0.05) is 0 Å². The van der Waals surface area contributed by atoms with Crippen molar-refractivity contribution in [3.8, 4) is 0 Å². The molecule has 0 aromatic heterocycles. The van der Waals surface area contributed by atoms with Crippen molar-refractivity contribution < 1.29 is 13.6 Å². The lowest BCUT2D eigenvalue weighted by molar-refractivity contribution is 0.0280. The van der Waals surface area contributed by atoms with Crippen molar-refractivity contribution >= 4 is 5.78 Å². The van der Waals surface area contributed by atoms with Crippen molar-refractivity contribution in [2.45, 2.75) is 24.8 Å². The number of hydrogen-bond donors (Lipinski definition) is 0. The number of nitrogens with zero attached hydrogens (tertiary/aromatic N) is 2. The monoisotopic (exact) mass is 296 g/mol. The van der Waals surface area contributed by atoms with E-state index in [4.69, 9.17) is 0 Å². The third-order valence-electron chi connectivity index (χ3n) is 4.44. The highest BCUT2D eigenvalue weighted by Crippen LogP contribution is 2.36. The first kappa shape index (κ1) is 16.0. The summed E-state index contributed by atoms with van der Waals surface area (Å²) in [7, 11) is 5.93. The lowest BCUT2D eigenvalue weighted by Gasteiger charge is -2.49. The van der Waals surface area contributed by atoms with Crippen molar-refractivity contribution in [3.05, 3.63) is 35.4 Å². The van der Waals surface area contributed by atoms with Gasteiger partial charge in [0.05, 0.1) is 12.1 Å². The molecule has 0 atom stereocenters. The van der Waals surface area contributed by atoms with E-state index in [2.05, 4.69) is 4.90 Å². The Balaban J connectivity index is 2.00. The van der Waals surface area contributed by atoms with Crippen LogP contribution in [0.1, 0.15) is 29.6 Å². The Morgan fingerprint density at radius 2 is 1.90 bits per heavy atom. The summed E-state index contributed by atoms with van der Waals surface area (Å²) < 4.78 is 26.7. The molecule has 0 radical (unpaired) electrons. The molecule has 1 aromatic carbocycles. The van der Waals surface area contributed by atoms with Crippen molar-refractivity contribution in [2.75, 3.05) is 34.2 Å². The first-order valence-electron chi connectivity index (χ1n) is 7.18. The van der Waals surface area contributed by atoms with Crippen LogP contribution in [0.15, 0.2) is 18.2 Å². The number of carbonyl (C=O) groups excluding carboxylic acids is 1. The van der Waals surface area contributed by atoms with Crippen molar-refractivity contribution in [2.24, 2.45) is 0 Å². The van der Waals surface area contributed by atoms with Crippen LogP contribution >= 0.6 is 0 Å². The lowest BCUT2D eigenvalue weighted by atomic mass is 9.75. The fourth-order valence-electron chi connectivity index (χ4n) is 2.93. The van der Waals surface area contributed by atoms with Crippen LogP contribution in [0.5, 0.6) is 0 Å². The lowest BCUT2D eigenvalue weighted by Crippen LogP contribution is -2.57. The van der Waals surface area contributed by atoms with E-state index in [0.29, 0.717) is 0 Å². The van der Waals surface area contributed by atoms with Crippen LogP contribution in [0.3, 0.4) is 0 Å². The van der Waals surface area contributed by atoms with Crippen molar-refractivity contribution in [3.63, 3.8) is 0 Å². The summed E-state index contributed by atoms with van der Waals surface area (Å²) >= 11 is 0. The molecule has 21 heavy (non-hydrogen) atoms. The molecule has 1 aliphatic carbocycles. The number of rotatable bonds is 6. The van der Waals surface area contributed by atoms with Gasteiger partial charge in [-0.05, 0) is 58.6 Å². The predicted octanol–water partition coefficient (Wildman–Crippen LogP) is 2.56. The topological polar surface area (TPSA) is 23.6 Å². The highest BCUT2D eigenvalue weighted by atomic mass is 19.1. The summed E-state index contributed by atoms with van der Waals surface area (Å²) in [5, 5.41) is 0. The van der Waals surface area contributed by atoms with E-state index < -0.39 is 11.6 Å². The van der Waals surface area contributed by atoms with Crippen LogP contribution < -0.4 is 0 Å². The van der Waals surface area contributed by atoms with Crippen LogP contribution in [0.25, 0.3) is 0 Å². The Morgan fingerprint density at radius 1 is 1.24 bits per heavy atom. The van der Waals surface area contributed by atoms with Gasteiger partial charge in [-0.15, -0.1) is 0 Å². The summed E-state index contributed by atoms with van der Waals surface area (Å²) in [6, 6.07) is 2.98. The predicted molar refractivity (Wildman–Crippen MR) is 78.5 cm³/mol. The Hall–Kier alpha value is -1.33. The highest BCUT2D eigenvalue weighted by Gasteiger charge is 2.40. The van der Waals surface area contributed by atoms with Crippen LogP contribution in [0.2, 0.25) is 0 Å². The zero-order valence-electron chi connectivity index (χ0n) is 12.8. The number of Topliss-reactive ketones (excluding diaryl/α,β-unsaturated/α-hetero) is 1. The normalized spacial score (nSPS) is 17.1. The third kappa shape index (κ3) is 3.47. The quantitative estimate of drug-likeness (QED) is 0.754. The van der Waals surface area contributed by atoms with E-state index in [1.54, 1.807) is 0 Å². The molecule has 0 spiro atoms. The summed E-state index contributed by atoms with van der Waals surface area (Å²) in [6.45, 7) is 0.846. The van der Waals surface area contributed by atoms with Crippen molar-refractivity contribution in [1.82, 2.24) is 9.80 Å². The molecular weight excluding hydrogens is 274 g/mol. The van der Waals surface area contributed by atoms with E-state index in [9.17, 15) is 13.6 Å². The molecule has 1 aromatic rings. The van der Waals surface area contributed by atoms with Gasteiger partial charge < -0.3 is 4.90 Å². The first-order chi connectivity index (χ1) is 9.84. The molecule has 116 valence electrons. The fraction of sp³-hybridized carbons (Fsp3) is 0.562. The Morgan fingerprint density at radius 3 is 2.43 bits per heavy atom. The molecule has 0 N–H and O–H groups in total. The second-order valence-corrected chi connectivity index (χ2v) is 6.19. The zero-order chi connectivity index (χ0) is 15.6. The molecule has 2 rings (SSSR count). The van der Waals surface area contributed by atoms with E-state index in [-0.39, 0.29) is 23.4 Å². The SMILES string of the molecule is CN(CC(=O)c1cc(F)ccc1F)CC1(N(C)C)CCC1. The van der Waals surface area contributed by atoms with Gasteiger partial charge in [-0.25, -0.2) is 8.78 Å². The summed E-state index contributed by atoms with van der Waals surface area (Å²) in [5.41, 5.74) is -0.0652. The molecule has 1 fully saturated rings. The maximum atomic E-state index is 13.6. The molecule has 3 nitrogen and oxygen atoms in total. The van der Waals surface area contributed by atoms with Gasteiger partial charge in [0.15, 0.2) is 5.78 Å². The van der Waals surface area contributed by atoms with E-state index in [1.807, 2.05) is 26.0 Å². The minimum Gasteiger partial charge on any atom is -0.302 e. The summed E-state index contributed by atoms with van der Waals surface area (Å²) in [4.78, 5) is 16.2. The average Bonchev–Trinajstić information content (AvgIpc) is 2.36. The van der Waals surface area contributed by atoms with Gasteiger partial charge >= 0.3 is 0 Å².